The van der Waals surface area contributed by atoms with Crippen LogP contribution in [-0.2, 0) is 27.7 Å². The Morgan fingerprint density at radius 2 is 1.79 bits per heavy atom. The van der Waals surface area contributed by atoms with Gasteiger partial charge in [0.05, 0.1) is 18.9 Å². The molecule has 2 atom stereocenters. The lowest BCUT2D eigenvalue weighted by atomic mass is 9.58. The molecule has 6 rings (SSSR count). The van der Waals surface area contributed by atoms with Crippen LogP contribution in [0.4, 0.5) is 0 Å². The molecule has 4 heteroatoms. The van der Waals surface area contributed by atoms with Crippen LogP contribution in [0.15, 0.2) is 67.0 Å². The van der Waals surface area contributed by atoms with Crippen molar-refractivity contribution in [3.05, 3.63) is 95.1 Å². The molecule has 1 aromatic carbocycles. The number of rotatable bonds is 4. The van der Waals surface area contributed by atoms with Crippen molar-refractivity contribution in [1.29, 1.82) is 0 Å². The van der Waals surface area contributed by atoms with Crippen molar-refractivity contribution in [3.63, 3.8) is 0 Å². The molecule has 2 aromatic heterocycles. The summed E-state index contributed by atoms with van der Waals surface area (Å²) in [7, 11) is 0. The summed E-state index contributed by atoms with van der Waals surface area (Å²) >= 11 is 0. The van der Waals surface area contributed by atoms with E-state index in [2.05, 4.69) is 60.8 Å². The molecule has 4 nitrogen and oxygen atoms in total. The molecule has 0 amide bonds. The van der Waals surface area contributed by atoms with Gasteiger partial charge in [-0.3, -0.25) is 9.97 Å². The Bertz CT molecular complexity index is 1150. The van der Waals surface area contributed by atoms with Crippen LogP contribution in [0.1, 0.15) is 60.2 Å². The molecule has 3 aliphatic rings. The fourth-order valence-corrected chi connectivity index (χ4v) is 6.48. The highest BCUT2D eigenvalue weighted by molar-refractivity contribution is 5.68. The molecule has 1 spiro atoms. The molecule has 3 aromatic rings. The molecule has 0 N–H and O–H groups in total. The monoisotopic (exact) mass is 452 g/mol. The van der Waals surface area contributed by atoms with Crippen LogP contribution in [0.5, 0.6) is 0 Å². The third-order valence-corrected chi connectivity index (χ3v) is 8.12. The molecule has 0 radical (unpaired) electrons. The maximum Gasteiger partial charge on any atom is 0.168 e. The van der Waals surface area contributed by atoms with Crippen molar-refractivity contribution in [1.82, 2.24) is 9.97 Å². The highest BCUT2D eigenvalue weighted by Gasteiger charge is 2.53. The van der Waals surface area contributed by atoms with E-state index < -0.39 is 0 Å². The van der Waals surface area contributed by atoms with E-state index in [1.807, 2.05) is 18.3 Å². The van der Waals surface area contributed by atoms with E-state index in [-0.39, 0.29) is 11.2 Å². The van der Waals surface area contributed by atoms with Crippen LogP contribution in [0, 0.1) is 5.92 Å². The van der Waals surface area contributed by atoms with E-state index in [0.29, 0.717) is 5.92 Å². The summed E-state index contributed by atoms with van der Waals surface area (Å²) < 4.78 is 12.4. The lowest BCUT2D eigenvalue weighted by Gasteiger charge is -2.49. The van der Waals surface area contributed by atoms with E-state index in [9.17, 15) is 0 Å². The van der Waals surface area contributed by atoms with Crippen molar-refractivity contribution in [2.24, 2.45) is 5.92 Å². The molecule has 2 aliphatic carbocycles. The van der Waals surface area contributed by atoms with Crippen LogP contribution in [0.3, 0.4) is 0 Å². The minimum absolute atomic E-state index is 0.0232. The smallest absolute Gasteiger partial charge is 0.168 e. The molecule has 3 heterocycles. The van der Waals surface area contributed by atoms with Gasteiger partial charge in [0.1, 0.15) is 0 Å². The second kappa shape index (κ2) is 9.09. The van der Waals surface area contributed by atoms with Gasteiger partial charge in [-0.1, -0.05) is 42.5 Å². The Labute approximate surface area is 202 Å². The third kappa shape index (κ3) is 4.10. The number of ether oxygens (including phenoxy) is 2. The summed E-state index contributed by atoms with van der Waals surface area (Å²) in [5.41, 5.74) is 6.28. The lowest BCUT2D eigenvalue weighted by Crippen LogP contribution is -2.49. The molecular formula is C30H32N2O2. The quantitative estimate of drug-likeness (QED) is 0.486. The van der Waals surface area contributed by atoms with E-state index >= 15 is 0 Å². The SMILES string of the molecule is C(=Cc1cc2c(cn1)C1(Cc3ccccn3)CCC3(CC1CCC2)OCCO3)c1ccccc1. The zero-order valence-corrected chi connectivity index (χ0v) is 19.7. The predicted molar refractivity (Wildman–Crippen MR) is 134 cm³/mol. The lowest BCUT2D eigenvalue weighted by molar-refractivity contribution is -0.199. The number of fused-ring (bicyclic) bond motifs is 3. The second-order valence-corrected chi connectivity index (χ2v) is 10.1. The summed E-state index contributed by atoms with van der Waals surface area (Å²) in [6.07, 6.45) is 15.7. The Balaban J connectivity index is 1.38. The van der Waals surface area contributed by atoms with Crippen molar-refractivity contribution >= 4 is 12.2 Å². The van der Waals surface area contributed by atoms with Gasteiger partial charge >= 0.3 is 0 Å². The topological polar surface area (TPSA) is 44.2 Å². The fourth-order valence-electron chi connectivity index (χ4n) is 6.48. The van der Waals surface area contributed by atoms with Gasteiger partial charge in [0.15, 0.2) is 5.79 Å². The van der Waals surface area contributed by atoms with E-state index in [1.54, 1.807) is 0 Å². The number of nitrogens with zero attached hydrogens (tertiary/aromatic N) is 2. The fraction of sp³-hybridized carbons (Fsp3) is 0.400. The molecule has 34 heavy (non-hydrogen) atoms. The van der Waals surface area contributed by atoms with Gasteiger partial charge < -0.3 is 9.47 Å². The summed E-state index contributed by atoms with van der Waals surface area (Å²) in [5.74, 6) is 0.115. The van der Waals surface area contributed by atoms with Crippen molar-refractivity contribution in [3.8, 4) is 0 Å². The summed E-state index contributed by atoms with van der Waals surface area (Å²) in [5, 5.41) is 0. The molecule has 1 saturated carbocycles. The first-order valence-electron chi connectivity index (χ1n) is 12.7. The highest BCUT2D eigenvalue weighted by Crippen LogP contribution is 2.55. The number of aryl methyl sites for hydroxylation is 1. The molecule has 174 valence electrons. The minimum Gasteiger partial charge on any atom is -0.348 e. The normalized spacial score (nSPS) is 25.7. The number of pyridine rings is 2. The predicted octanol–water partition coefficient (Wildman–Crippen LogP) is 6.01. The Hall–Kier alpha value is -2.82. The molecule has 1 aliphatic heterocycles. The molecular weight excluding hydrogens is 420 g/mol. The van der Waals surface area contributed by atoms with E-state index in [1.165, 1.54) is 29.5 Å². The molecule has 2 fully saturated rings. The number of aromatic nitrogens is 2. The van der Waals surface area contributed by atoms with Crippen molar-refractivity contribution in [2.75, 3.05) is 13.2 Å². The summed E-state index contributed by atoms with van der Waals surface area (Å²) in [4.78, 5) is 9.68. The van der Waals surface area contributed by atoms with Gasteiger partial charge in [0.2, 0.25) is 0 Å². The number of hydrogen-bond acceptors (Lipinski definition) is 4. The first-order chi connectivity index (χ1) is 16.7. The van der Waals surface area contributed by atoms with Crippen molar-refractivity contribution < 1.29 is 9.47 Å². The first kappa shape index (κ1) is 21.7. The van der Waals surface area contributed by atoms with Crippen LogP contribution >= 0.6 is 0 Å². The average molecular weight is 453 g/mol. The maximum atomic E-state index is 6.18. The minimum atomic E-state index is -0.380. The molecule has 2 unspecified atom stereocenters. The van der Waals surface area contributed by atoms with E-state index in [4.69, 9.17) is 19.4 Å². The van der Waals surface area contributed by atoms with Crippen LogP contribution in [-0.4, -0.2) is 29.0 Å². The van der Waals surface area contributed by atoms with Gasteiger partial charge in [-0.2, -0.15) is 0 Å². The Morgan fingerprint density at radius 3 is 2.62 bits per heavy atom. The molecule has 1 saturated heterocycles. The Kier molecular flexibility index (Phi) is 5.80. The van der Waals surface area contributed by atoms with Gasteiger partial charge in [-0.25, -0.2) is 0 Å². The zero-order valence-electron chi connectivity index (χ0n) is 19.7. The van der Waals surface area contributed by atoms with Crippen LogP contribution in [0.25, 0.3) is 12.2 Å². The van der Waals surface area contributed by atoms with Gasteiger partial charge in [0.25, 0.3) is 0 Å². The van der Waals surface area contributed by atoms with Gasteiger partial charge in [-0.15, -0.1) is 0 Å². The number of benzene rings is 1. The van der Waals surface area contributed by atoms with Gasteiger partial charge in [0, 0.05) is 36.3 Å². The average Bonchev–Trinajstić information content (AvgIpc) is 3.28. The number of hydrogen-bond donors (Lipinski definition) is 0. The molecule has 0 bridgehead atoms. The highest BCUT2D eigenvalue weighted by atomic mass is 16.7. The summed E-state index contributed by atoms with van der Waals surface area (Å²) in [6, 6.07) is 19.0. The van der Waals surface area contributed by atoms with Crippen LogP contribution < -0.4 is 0 Å². The van der Waals surface area contributed by atoms with Gasteiger partial charge in [-0.05, 0) is 79.0 Å². The first-order valence-corrected chi connectivity index (χ1v) is 12.7. The summed E-state index contributed by atoms with van der Waals surface area (Å²) in [6.45, 7) is 1.43. The standard InChI is InChI=1S/C30H32N2O2/c1-2-7-23(8-3-1)12-13-26-19-24-9-6-10-25-20-30(33-17-18-34-30)15-14-29(25,28(24)22-32-26)21-27-11-4-5-16-31-27/h1-5,7-8,11-13,16,19,22,25H,6,9-10,14-15,17-18,20-21H2. The second-order valence-electron chi connectivity index (χ2n) is 10.1. The third-order valence-electron chi connectivity index (χ3n) is 8.12. The Morgan fingerprint density at radius 1 is 0.941 bits per heavy atom. The zero-order chi connectivity index (χ0) is 22.8. The van der Waals surface area contributed by atoms with Crippen LogP contribution in [0.2, 0.25) is 0 Å². The largest absolute Gasteiger partial charge is 0.348 e. The van der Waals surface area contributed by atoms with E-state index in [0.717, 1.165) is 56.7 Å². The maximum absolute atomic E-state index is 6.18. The van der Waals surface area contributed by atoms with Crippen molar-refractivity contribution in [2.45, 2.75) is 56.1 Å².